The van der Waals surface area contributed by atoms with Gasteiger partial charge in [0, 0.05) is 6.42 Å². The van der Waals surface area contributed by atoms with Crippen LogP contribution < -0.4 is 11.1 Å². The summed E-state index contributed by atoms with van der Waals surface area (Å²) in [7, 11) is 0. The van der Waals surface area contributed by atoms with Crippen LogP contribution in [0.15, 0.2) is 0 Å². The maximum absolute atomic E-state index is 10.9. The minimum Gasteiger partial charge on any atom is -0.412 e. The molecule has 1 aliphatic rings. The standard InChI is InChI=1S/C6H10N2O2.ClH.H2O/c1-6(7)3-2-4(9)8-5(6)10;;/h2-3,7H2,1H3,(H,8,9,10);1H;1H2. The molecule has 1 aliphatic heterocycles. The number of hydrogen-bond donors (Lipinski definition) is 2. The third-order valence-corrected chi connectivity index (χ3v) is 1.64. The van der Waals surface area contributed by atoms with Crippen molar-refractivity contribution < 1.29 is 15.1 Å². The third-order valence-electron chi connectivity index (χ3n) is 1.64. The van der Waals surface area contributed by atoms with Crippen LogP contribution in [0.5, 0.6) is 0 Å². The van der Waals surface area contributed by atoms with Crippen LogP contribution in [0.3, 0.4) is 0 Å². The molecule has 5 nitrogen and oxygen atoms in total. The van der Waals surface area contributed by atoms with E-state index in [2.05, 4.69) is 5.32 Å². The van der Waals surface area contributed by atoms with Crippen LogP contribution >= 0.6 is 12.4 Å². The molecule has 1 saturated heterocycles. The van der Waals surface area contributed by atoms with Crippen molar-refractivity contribution in [1.82, 2.24) is 5.32 Å². The van der Waals surface area contributed by atoms with Crippen LogP contribution in [-0.4, -0.2) is 22.8 Å². The SMILES string of the molecule is CC1(N)CCC(=O)NC1=O.Cl.O. The molecule has 2 amide bonds. The van der Waals surface area contributed by atoms with Gasteiger partial charge in [0.1, 0.15) is 0 Å². The maximum atomic E-state index is 10.9. The summed E-state index contributed by atoms with van der Waals surface area (Å²) in [5.41, 5.74) is 4.67. The Hall–Kier alpha value is -0.650. The van der Waals surface area contributed by atoms with Crippen molar-refractivity contribution in [3.8, 4) is 0 Å². The second kappa shape index (κ2) is 4.39. The second-order valence-corrected chi connectivity index (χ2v) is 2.79. The molecule has 1 fully saturated rings. The van der Waals surface area contributed by atoms with Gasteiger partial charge in [0.25, 0.3) is 0 Å². The zero-order chi connectivity index (χ0) is 7.78. The molecule has 12 heavy (non-hydrogen) atoms. The zero-order valence-electron chi connectivity index (χ0n) is 6.72. The summed E-state index contributed by atoms with van der Waals surface area (Å²) in [6, 6.07) is 0. The van der Waals surface area contributed by atoms with E-state index in [4.69, 9.17) is 5.73 Å². The van der Waals surface area contributed by atoms with Gasteiger partial charge in [-0.15, -0.1) is 12.4 Å². The van der Waals surface area contributed by atoms with Gasteiger partial charge in [-0.2, -0.15) is 0 Å². The number of piperidine rings is 1. The van der Waals surface area contributed by atoms with Crippen molar-refractivity contribution in [3.05, 3.63) is 0 Å². The number of imide groups is 1. The molecule has 0 radical (unpaired) electrons. The first-order chi connectivity index (χ1) is 4.52. The fourth-order valence-corrected chi connectivity index (χ4v) is 0.819. The largest absolute Gasteiger partial charge is 0.412 e. The lowest BCUT2D eigenvalue weighted by Crippen LogP contribution is -2.57. The monoisotopic (exact) mass is 196 g/mol. The first kappa shape index (κ1) is 13.9. The molecule has 1 atom stereocenters. The van der Waals surface area contributed by atoms with E-state index < -0.39 is 5.54 Å². The quantitative estimate of drug-likeness (QED) is 0.473. The number of hydrogen-bond acceptors (Lipinski definition) is 3. The molecular formula is C6H13ClN2O3. The molecule has 0 saturated carbocycles. The number of carbonyl (C=O) groups is 2. The third kappa shape index (κ3) is 2.77. The summed E-state index contributed by atoms with van der Waals surface area (Å²) in [5.74, 6) is -0.600. The molecule has 72 valence electrons. The summed E-state index contributed by atoms with van der Waals surface area (Å²) in [6.45, 7) is 1.62. The first-order valence-electron chi connectivity index (χ1n) is 3.15. The molecule has 6 heteroatoms. The van der Waals surface area contributed by atoms with Crippen LogP contribution in [0.4, 0.5) is 0 Å². The van der Waals surface area contributed by atoms with Crippen molar-refractivity contribution in [3.63, 3.8) is 0 Å². The first-order valence-corrected chi connectivity index (χ1v) is 3.15. The summed E-state index contributed by atoms with van der Waals surface area (Å²) in [6.07, 6.45) is 0.788. The van der Waals surface area contributed by atoms with E-state index in [0.29, 0.717) is 12.8 Å². The maximum Gasteiger partial charge on any atom is 0.246 e. The van der Waals surface area contributed by atoms with E-state index in [1.165, 1.54) is 0 Å². The minimum atomic E-state index is -0.853. The van der Waals surface area contributed by atoms with Crippen molar-refractivity contribution in [2.45, 2.75) is 25.3 Å². The molecule has 1 heterocycles. The van der Waals surface area contributed by atoms with Gasteiger partial charge in [0.2, 0.25) is 11.8 Å². The Morgan fingerprint density at radius 2 is 2.00 bits per heavy atom. The highest BCUT2D eigenvalue weighted by Gasteiger charge is 2.34. The van der Waals surface area contributed by atoms with Crippen molar-refractivity contribution in [2.24, 2.45) is 5.73 Å². The lowest BCUT2D eigenvalue weighted by molar-refractivity contribution is -0.137. The molecule has 0 aromatic carbocycles. The second-order valence-electron chi connectivity index (χ2n) is 2.79. The van der Waals surface area contributed by atoms with E-state index in [0.717, 1.165) is 0 Å². The molecular weight excluding hydrogens is 184 g/mol. The van der Waals surface area contributed by atoms with E-state index in [9.17, 15) is 9.59 Å². The predicted molar refractivity (Wildman–Crippen MR) is 45.8 cm³/mol. The molecule has 1 unspecified atom stereocenters. The van der Waals surface area contributed by atoms with Crippen LogP contribution in [-0.2, 0) is 9.59 Å². The van der Waals surface area contributed by atoms with E-state index >= 15 is 0 Å². The van der Waals surface area contributed by atoms with Crippen LogP contribution in [0.2, 0.25) is 0 Å². The number of amides is 2. The Bertz CT molecular complexity index is 193. The lowest BCUT2D eigenvalue weighted by Gasteiger charge is -2.26. The smallest absolute Gasteiger partial charge is 0.246 e. The van der Waals surface area contributed by atoms with Crippen LogP contribution in [0.25, 0.3) is 0 Å². The van der Waals surface area contributed by atoms with Gasteiger partial charge in [-0.25, -0.2) is 0 Å². The topological polar surface area (TPSA) is 104 Å². The summed E-state index contributed by atoms with van der Waals surface area (Å²) < 4.78 is 0. The number of carbonyl (C=O) groups excluding carboxylic acids is 2. The predicted octanol–water partition coefficient (Wildman–Crippen LogP) is -1.26. The fourth-order valence-electron chi connectivity index (χ4n) is 0.819. The molecule has 0 bridgehead atoms. The van der Waals surface area contributed by atoms with Gasteiger partial charge < -0.3 is 11.2 Å². The summed E-state index contributed by atoms with van der Waals surface area (Å²) in [5, 5.41) is 2.17. The van der Waals surface area contributed by atoms with E-state index in [1.807, 2.05) is 0 Å². The summed E-state index contributed by atoms with van der Waals surface area (Å²) >= 11 is 0. The van der Waals surface area contributed by atoms with E-state index in [1.54, 1.807) is 6.92 Å². The highest BCUT2D eigenvalue weighted by Crippen LogP contribution is 2.12. The molecule has 0 aliphatic carbocycles. The summed E-state index contributed by atoms with van der Waals surface area (Å²) in [4.78, 5) is 21.4. The zero-order valence-corrected chi connectivity index (χ0v) is 7.53. The van der Waals surface area contributed by atoms with Crippen molar-refractivity contribution in [2.75, 3.05) is 0 Å². The normalized spacial score (nSPS) is 28.2. The molecule has 0 spiro atoms. The number of nitrogens with two attached hydrogens (primary N) is 1. The molecule has 1 rings (SSSR count). The Balaban J connectivity index is 0. The van der Waals surface area contributed by atoms with Gasteiger partial charge in [-0.3, -0.25) is 14.9 Å². The Kier molecular flexibility index (Phi) is 5.09. The van der Waals surface area contributed by atoms with Crippen molar-refractivity contribution >= 4 is 24.2 Å². The van der Waals surface area contributed by atoms with Gasteiger partial charge >= 0.3 is 0 Å². The molecule has 0 aromatic rings. The van der Waals surface area contributed by atoms with Gasteiger partial charge in [-0.1, -0.05) is 0 Å². The highest BCUT2D eigenvalue weighted by atomic mass is 35.5. The number of halogens is 1. The molecule has 0 aromatic heterocycles. The highest BCUT2D eigenvalue weighted by molar-refractivity contribution is 6.02. The number of rotatable bonds is 0. The van der Waals surface area contributed by atoms with Crippen LogP contribution in [0.1, 0.15) is 19.8 Å². The van der Waals surface area contributed by atoms with E-state index in [-0.39, 0.29) is 29.7 Å². The Morgan fingerprint density at radius 1 is 1.50 bits per heavy atom. The van der Waals surface area contributed by atoms with Crippen molar-refractivity contribution in [1.29, 1.82) is 0 Å². The van der Waals surface area contributed by atoms with Gasteiger partial charge in [-0.05, 0) is 13.3 Å². The number of nitrogens with one attached hydrogen (secondary N) is 1. The fraction of sp³-hybridized carbons (Fsp3) is 0.667. The van der Waals surface area contributed by atoms with Gasteiger partial charge in [0.15, 0.2) is 0 Å². The van der Waals surface area contributed by atoms with Crippen LogP contribution in [0, 0.1) is 0 Å². The van der Waals surface area contributed by atoms with Gasteiger partial charge in [0.05, 0.1) is 5.54 Å². The minimum absolute atomic E-state index is 0. The lowest BCUT2D eigenvalue weighted by atomic mass is 9.93. The Morgan fingerprint density at radius 3 is 2.33 bits per heavy atom. The Labute approximate surface area is 76.4 Å². The average Bonchev–Trinajstić information content (AvgIpc) is 1.81. The molecule has 5 N–H and O–H groups in total. The average molecular weight is 197 g/mol.